The highest BCUT2D eigenvalue weighted by Crippen LogP contribution is 2.67. The number of rotatable bonds is 1. The van der Waals surface area contributed by atoms with Gasteiger partial charge in [-0.15, -0.1) is 0 Å². The number of fused-ring (bicyclic) bond motifs is 6. The molecule has 2 heteroatoms. The largest absolute Gasteiger partial charge is 0.261 e. The molecule has 4 aliphatic carbocycles. The second kappa shape index (κ2) is 5.97. The highest BCUT2D eigenvalue weighted by Gasteiger charge is 2.59. The fraction of sp³-hybridized carbons (Fsp3) is 0.654. The second-order valence-corrected chi connectivity index (χ2v) is 10.8. The molecule has 0 saturated heterocycles. The van der Waals surface area contributed by atoms with E-state index in [2.05, 4.69) is 61.1 Å². The monoisotopic (exact) mass is 374 g/mol. The molecule has 0 bridgehead atoms. The third kappa shape index (κ3) is 2.18. The first-order valence-electron chi connectivity index (χ1n) is 11.7. The first-order chi connectivity index (χ1) is 13.6. The Bertz CT molecular complexity index is 925. The maximum atomic E-state index is 4.90. The van der Waals surface area contributed by atoms with Gasteiger partial charge in [0.2, 0.25) is 0 Å². The minimum absolute atomic E-state index is 0.414. The fourth-order valence-electron chi connectivity index (χ4n) is 8.43. The van der Waals surface area contributed by atoms with Crippen LogP contribution in [0.2, 0.25) is 0 Å². The van der Waals surface area contributed by atoms with Crippen LogP contribution < -0.4 is 0 Å². The van der Waals surface area contributed by atoms with E-state index in [0.717, 1.165) is 23.7 Å². The predicted octanol–water partition coefficient (Wildman–Crippen LogP) is 6.79. The van der Waals surface area contributed by atoms with Crippen LogP contribution in [-0.2, 0) is 0 Å². The first kappa shape index (κ1) is 17.3. The molecule has 4 aliphatic rings. The summed E-state index contributed by atoms with van der Waals surface area (Å²) in [6.07, 6.45) is 18.4. The smallest absolute Gasteiger partial charge is 0.0685 e. The van der Waals surface area contributed by atoms with Crippen molar-refractivity contribution < 1.29 is 0 Å². The lowest BCUT2D eigenvalue weighted by Crippen LogP contribution is -2.51. The Labute approximate surface area is 169 Å². The van der Waals surface area contributed by atoms with Crippen LogP contribution in [0.3, 0.4) is 0 Å². The van der Waals surface area contributed by atoms with Gasteiger partial charge in [0.1, 0.15) is 0 Å². The number of nitrogens with zero attached hydrogens (tertiary/aromatic N) is 2. The van der Waals surface area contributed by atoms with Crippen molar-refractivity contribution in [2.45, 2.75) is 71.3 Å². The fourth-order valence-corrected chi connectivity index (χ4v) is 8.43. The van der Waals surface area contributed by atoms with E-state index in [0.29, 0.717) is 16.9 Å². The van der Waals surface area contributed by atoms with Crippen LogP contribution in [0.25, 0.3) is 10.9 Å². The van der Waals surface area contributed by atoms with Gasteiger partial charge in [-0.05, 0) is 91.9 Å². The molecule has 28 heavy (non-hydrogen) atoms. The second-order valence-electron chi connectivity index (χ2n) is 10.8. The summed E-state index contributed by atoms with van der Waals surface area (Å²) in [6, 6.07) is 9.36. The molecular weight excluding hydrogens is 340 g/mol. The first-order valence-corrected chi connectivity index (χ1v) is 11.7. The minimum Gasteiger partial charge on any atom is -0.261 e. The van der Waals surface area contributed by atoms with E-state index in [1.54, 1.807) is 0 Å². The van der Waals surface area contributed by atoms with E-state index in [9.17, 15) is 0 Å². The van der Waals surface area contributed by atoms with Gasteiger partial charge >= 0.3 is 0 Å². The van der Waals surface area contributed by atoms with Crippen LogP contribution >= 0.6 is 0 Å². The molecule has 2 nitrogen and oxygen atoms in total. The molecule has 2 aromatic rings. The van der Waals surface area contributed by atoms with Crippen LogP contribution in [-0.4, -0.2) is 9.78 Å². The summed E-state index contributed by atoms with van der Waals surface area (Å²) < 4.78 is 2.41. The lowest BCUT2D eigenvalue weighted by Gasteiger charge is -2.59. The molecule has 1 heterocycles. The average Bonchev–Trinajstić information content (AvgIpc) is 3.28. The van der Waals surface area contributed by atoms with Crippen LogP contribution in [0, 0.1) is 34.5 Å². The van der Waals surface area contributed by atoms with E-state index in [1.165, 1.54) is 62.3 Å². The summed E-state index contributed by atoms with van der Waals surface area (Å²) in [5.41, 5.74) is 2.22. The third-order valence-corrected chi connectivity index (χ3v) is 9.87. The molecule has 148 valence electrons. The molecule has 1 aromatic heterocycles. The van der Waals surface area contributed by atoms with E-state index < -0.39 is 0 Å². The zero-order valence-electron chi connectivity index (χ0n) is 17.5. The molecule has 0 aliphatic heterocycles. The van der Waals surface area contributed by atoms with Gasteiger partial charge < -0.3 is 0 Å². The van der Waals surface area contributed by atoms with Crippen molar-refractivity contribution >= 4 is 10.9 Å². The Morgan fingerprint density at radius 3 is 2.79 bits per heavy atom. The van der Waals surface area contributed by atoms with Gasteiger partial charge in [0.15, 0.2) is 0 Å². The van der Waals surface area contributed by atoms with Crippen LogP contribution in [0.4, 0.5) is 0 Å². The third-order valence-electron chi connectivity index (χ3n) is 9.87. The number of benzene rings is 1. The summed E-state index contributed by atoms with van der Waals surface area (Å²) >= 11 is 0. The highest BCUT2D eigenvalue weighted by molar-refractivity contribution is 5.78. The molecule has 7 atom stereocenters. The summed E-state index contributed by atoms with van der Waals surface area (Å²) in [5.74, 6) is 3.66. The van der Waals surface area contributed by atoms with Crippen LogP contribution in [0.5, 0.6) is 0 Å². The number of hydrogen-bond donors (Lipinski definition) is 0. The van der Waals surface area contributed by atoms with E-state index in [1.807, 2.05) is 0 Å². The van der Waals surface area contributed by atoms with E-state index in [4.69, 9.17) is 5.10 Å². The molecule has 0 radical (unpaired) electrons. The SMILES string of the molecule is C[C@]12C=CCCC1CC[C@@H]1[C@H]2CC[C@]2(C)C(n3ncc4ccccc43)CC[C@@H]12. The Hall–Kier alpha value is -1.57. The lowest BCUT2D eigenvalue weighted by molar-refractivity contribution is -0.0776. The lowest BCUT2D eigenvalue weighted by atomic mass is 9.46. The maximum Gasteiger partial charge on any atom is 0.0685 e. The quantitative estimate of drug-likeness (QED) is 0.503. The molecular formula is C26H34N2. The van der Waals surface area contributed by atoms with Gasteiger partial charge in [0.05, 0.1) is 17.8 Å². The Balaban J connectivity index is 1.36. The summed E-state index contributed by atoms with van der Waals surface area (Å²) in [7, 11) is 0. The number of para-hydroxylation sites is 1. The van der Waals surface area contributed by atoms with Crippen LogP contribution in [0.1, 0.15) is 71.3 Å². The molecule has 0 spiro atoms. The van der Waals surface area contributed by atoms with Gasteiger partial charge in [0, 0.05) is 5.39 Å². The van der Waals surface area contributed by atoms with Gasteiger partial charge in [-0.2, -0.15) is 5.10 Å². The van der Waals surface area contributed by atoms with Crippen LogP contribution in [0.15, 0.2) is 42.6 Å². The van der Waals surface area contributed by atoms with Gasteiger partial charge in [-0.3, -0.25) is 4.68 Å². The van der Waals surface area contributed by atoms with Crippen molar-refractivity contribution in [2.24, 2.45) is 34.5 Å². The van der Waals surface area contributed by atoms with Crippen molar-refractivity contribution in [1.29, 1.82) is 0 Å². The zero-order valence-corrected chi connectivity index (χ0v) is 17.5. The maximum absolute atomic E-state index is 4.90. The number of hydrogen-bond acceptors (Lipinski definition) is 1. The standard InChI is InChI=1S/C26H34N2/c1-25-15-6-5-8-19(25)10-11-20-21-12-13-24(26(21,2)16-14-22(20)25)28-23-9-4-3-7-18(23)17-27-28/h3-4,6-7,9,15,17,19-22,24H,5,8,10-14,16H2,1-2H3/t19?,20-,21-,22+,24?,25-,26-/m0/s1. The summed E-state index contributed by atoms with van der Waals surface area (Å²) in [5, 5.41) is 6.20. The number of aromatic nitrogens is 2. The van der Waals surface area contributed by atoms with Crippen molar-refractivity contribution in [2.75, 3.05) is 0 Å². The topological polar surface area (TPSA) is 17.8 Å². The van der Waals surface area contributed by atoms with Gasteiger partial charge in [0.25, 0.3) is 0 Å². The molecule has 6 rings (SSSR count). The van der Waals surface area contributed by atoms with Gasteiger partial charge in [-0.25, -0.2) is 0 Å². The Morgan fingerprint density at radius 1 is 0.964 bits per heavy atom. The van der Waals surface area contributed by atoms with E-state index in [-0.39, 0.29) is 0 Å². The van der Waals surface area contributed by atoms with Crippen molar-refractivity contribution in [1.82, 2.24) is 9.78 Å². The number of allylic oxidation sites excluding steroid dienone is 2. The summed E-state index contributed by atoms with van der Waals surface area (Å²) in [6.45, 7) is 5.23. The molecule has 0 N–H and O–H groups in total. The highest BCUT2D eigenvalue weighted by atomic mass is 15.3. The Kier molecular flexibility index (Phi) is 3.69. The molecule has 3 saturated carbocycles. The normalized spacial score (nSPS) is 44.9. The molecule has 1 aromatic carbocycles. The molecule has 0 amide bonds. The van der Waals surface area contributed by atoms with Crippen molar-refractivity contribution in [3.8, 4) is 0 Å². The predicted molar refractivity (Wildman–Crippen MR) is 115 cm³/mol. The summed E-state index contributed by atoms with van der Waals surface area (Å²) in [4.78, 5) is 0. The Morgan fingerprint density at radius 2 is 1.86 bits per heavy atom. The van der Waals surface area contributed by atoms with Crippen molar-refractivity contribution in [3.05, 3.63) is 42.6 Å². The van der Waals surface area contributed by atoms with E-state index >= 15 is 0 Å². The molecule has 3 fully saturated rings. The molecule has 2 unspecified atom stereocenters. The van der Waals surface area contributed by atoms with Gasteiger partial charge in [-0.1, -0.05) is 44.2 Å². The zero-order chi connectivity index (χ0) is 18.9. The average molecular weight is 375 g/mol. The minimum atomic E-state index is 0.414. The van der Waals surface area contributed by atoms with Crippen molar-refractivity contribution in [3.63, 3.8) is 0 Å².